The average molecular weight is 389 g/mol. The van der Waals surface area contributed by atoms with Crippen molar-refractivity contribution in [3.8, 4) is 0 Å². The van der Waals surface area contributed by atoms with Gasteiger partial charge in [0.1, 0.15) is 11.5 Å². The van der Waals surface area contributed by atoms with Crippen molar-refractivity contribution in [2.24, 2.45) is 0 Å². The number of hydrogen-bond donors (Lipinski definition) is 3. The van der Waals surface area contributed by atoms with Crippen molar-refractivity contribution in [3.63, 3.8) is 0 Å². The van der Waals surface area contributed by atoms with Gasteiger partial charge in [0, 0.05) is 17.1 Å². The van der Waals surface area contributed by atoms with Gasteiger partial charge in [0.05, 0.1) is 17.5 Å². The third kappa shape index (κ3) is 4.14. The number of sulfonamides is 1. The quantitative estimate of drug-likeness (QED) is 0.637. The molecule has 0 aliphatic heterocycles. The Morgan fingerprint density at radius 2 is 1.85 bits per heavy atom. The zero-order chi connectivity index (χ0) is 19.8. The van der Waals surface area contributed by atoms with Crippen LogP contribution >= 0.6 is 0 Å². The van der Waals surface area contributed by atoms with E-state index in [9.17, 15) is 22.4 Å². The van der Waals surface area contributed by atoms with Gasteiger partial charge in [-0.15, -0.1) is 0 Å². The Bertz CT molecular complexity index is 1220. The summed E-state index contributed by atoms with van der Waals surface area (Å²) in [7, 11) is -3.58. The number of carbonyl (C=O) groups is 1. The number of aryl methyl sites for hydroxylation is 1. The van der Waals surface area contributed by atoms with E-state index >= 15 is 0 Å². The van der Waals surface area contributed by atoms with Crippen LogP contribution in [0.25, 0.3) is 10.9 Å². The van der Waals surface area contributed by atoms with Gasteiger partial charge >= 0.3 is 0 Å². The number of hydrogen-bond acceptors (Lipinski definition) is 4. The molecule has 0 unspecified atom stereocenters. The van der Waals surface area contributed by atoms with Gasteiger partial charge in [0.15, 0.2) is 5.43 Å². The van der Waals surface area contributed by atoms with Gasteiger partial charge in [0.25, 0.3) is 5.91 Å². The van der Waals surface area contributed by atoms with Gasteiger partial charge in [-0.1, -0.05) is 6.07 Å². The summed E-state index contributed by atoms with van der Waals surface area (Å²) in [6, 6.07) is 9.55. The highest BCUT2D eigenvalue weighted by Crippen LogP contribution is 2.21. The molecule has 0 radical (unpaired) electrons. The summed E-state index contributed by atoms with van der Waals surface area (Å²) < 4.78 is 38.6. The van der Waals surface area contributed by atoms with Crippen LogP contribution in [0.4, 0.5) is 15.8 Å². The van der Waals surface area contributed by atoms with Gasteiger partial charge in [-0.3, -0.25) is 14.3 Å². The number of rotatable bonds is 4. The minimum Gasteiger partial charge on any atom is -0.349 e. The van der Waals surface area contributed by atoms with Gasteiger partial charge < -0.3 is 10.3 Å². The highest BCUT2D eigenvalue weighted by atomic mass is 32.2. The van der Waals surface area contributed by atoms with Crippen LogP contribution in [0.1, 0.15) is 16.1 Å². The number of carbonyl (C=O) groups excluding carboxylic acids is 1. The molecule has 7 nitrogen and oxygen atoms in total. The van der Waals surface area contributed by atoms with E-state index in [0.717, 1.165) is 12.3 Å². The Morgan fingerprint density at radius 1 is 1.11 bits per heavy atom. The monoisotopic (exact) mass is 389 g/mol. The Hall–Kier alpha value is -3.20. The minimum absolute atomic E-state index is 0.0565. The molecule has 3 rings (SSSR count). The molecule has 9 heteroatoms. The molecule has 0 saturated carbocycles. The molecule has 0 fully saturated rings. The molecular weight excluding hydrogens is 373 g/mol. The average Bonchev–Trinajstić information content (AvgIpc) is 2.56. The molecule has 1 heterocycles. The van der Waals surface area contributed by atoms with E-state index in [1.807, 2.05) is 0 Å². The van der Waals surface area contributed by atoms with E-state index in [0.29, 0.717) is 11.3 Å². The zero-order valence-electron chi connectivity index (χ0n) is 14.5. The van der Waals surface area contributed by atoms with Gasteiger partial charge in [-0.05, 0) is 42.8 Å². The molecule has 2 aromatic carbocycles. The molecule has 0 saturated heterocycles. The number of anilines is 2. The van der Waals surface area contributed by atoms with E-state index < -0.39 is 27.2 Å². The van der Waals surface area contributed by atoms with Crippen molar-refractivity contribution >= 4 is 38.2 Å². The largest absolute Gasteiger partial charge is 0.349 e. The molecule has 1 aromatic heterocycles. The number of aromatic nitrogens is 1. The lowest BCUT2D eigenvalue weighted by atomic mass is 10.1. The number of amides is 1. The standard InChI is InChI=1S/C18H16FN3O4S/c1-10-8-11(19)6-7-13(10)21-18(24)15-9-16(23)12-4-3-5-14(17(12)20-15)22-27(2,25)26/h3-9,22H,1-2H3,(H,20,23)(H,21,24). The Balaban J connectivity index is 2.05. The Morgan fingerprint density at radius 3 is 2.52 bits per heavy atom. The number of aromatic amines is 1. The number of halogens is 1. The predicted octanol–water partition coefficient (Wildman–Crippen LogP) is 2.60. The molecule has 0 bridgehead atoms. The SMILES string of the molecule is Cc1cc(F)ccc1NC(=O)c1cc(=O)c2cccc(NS(C)(=O)=O)c2[nH]1. The molecule has 0 aliphatic carbocycles. The van der Waals surface area contributed by atoms with Crippen molar-refractivity contribution in [1.29, 1.82) is 0 Å². The van der Waals surface area contributed by atoms with Crippen LogP contribution in [-0.4, -0.2) is 25.6 Å². The summed E-state index contributed by atoms with van der Waals surface area (Å²) in [5.74, 6) is -1.04. The van der Waals surface area contributed by atoms with Crippen molar-refractivity contribution in [2.45, 2.75) is 6.92 Å². The smallest absolute Gasteiger partial charge is 0.272 e. The van der Waals surface area contributed by atoms with Crippen LogP contribution in [0.15, 0.2) is 47.3 Å². The minimum atomic E-state index is -3.58. The Kier molecular flexibility index (Phi) is 4.71. The molecule has 27 heavy (non-hydrogen) atoms. The van der Waals surface area contributed by atoms with Crippen molar-refractivity contribution in [1.82, 2.24) is 4.98 Å². The third-order valence-corrected chi connectivity index (χ3v) is 4.43. The van der Waals surface area contributed by atoms with Crippen molar-refractivity contribution in [2.75, 3.05) is 16.3 Å². The number of pyridine rings is 1. The summed E-state index contributed by atoms with van der Waals surface area (Å²) in [6.07, 6.45) is 0.984. The van der Waals surface area contributed by atoms with Crippen LogP contribution in [-0.2, 0) is 10.0 Å². The molecular formula is C18H16FN3O4S. The summed E-state index contributed by atoms with van der Waals surface area (Å²) in [6.45, 7) is 1.63. The first-order valence-electron chi connectivity index (χ1n) is 7.85. The summed E-state index contributed by atoms with van der Waals surface area (Å²) >= 11 is 0. The summed E-state index contributed by atoms with van der Waals surface area (Å²) in [5, 5.41) is 2.83. The number of benzene rings is 2. The highest BCUT2D eigenvalue weighted by Gasteiger charge is 2.14. The molecule has 3 N–H and O–H groups in total. The van der Waals surface area contributed by atoms with E-state index in [-0.39, 0.29) is 22.3 Å². The third-order valence-electron chi connectivity index (χ3n) is 3.84. The first kappa shape index (κ1) is 18.6. The number of fused-ring (bicyclic) bond motifs is 1. The van der Waals surface area contributed by atoms with Crippen LogP contribution < -0.4 is 15.5 Å². The first-order chi connectivity index (χ1) is 12.6. The fourth-order valence-electron chi connectivity index (χ4n) is 2.64. The van der Waals surface area contributed by atoms with Crippen LogP contribution in [0.3, 0.4) is 0 Å². The maximum atomic E-state index is 13.2. The fraction of sp³-hybridized carbons (Fsp3) is 0.111. The molecule has 140 valence electrons. The number of H-pyrrole nitrogens is 1. The second kappa shape index (κ2) is 6.84. The maximum absolute atomic E-state index is 13.2. The first-order valence-corrected chi connectivity index (χ1v) is 9.74. The maximum Gasteiger partial charge on any atom is 0.272 e. The van der Waals surface area contributed by atoms with E-state index in [4.69, 9.17) is 0 Å². The van der Waals surface area contributed by atoms with E-state index in [1.165, 1.54) is 36.4 Å². The molecule has 0 spiro atoms. The second-order valence-electron chi connectivity index (χ2n) is 6.06. The van der Waals surface area contributed by atoms with Crippen LogP contribution in [0.2, 0.25) is 0 Å². The van der Waals surface area contributed by atoms with Crippen molar-refractivity contribution in [3.05, 3.63) is 69.8 Å². The second-order valence-corrected chi connectivity index (χ2v) is 7.81. The van der Waals surface area contributed by atoms with Gasteiger partial charge in [-0.2, -0.15) is 0 Å². The number of nitrogens with one attached hydrogen (secondary N) is 3. The summed E-state index contributed by atoms with van der Waals surface area (Å²) in [5.41, 5.74) is 0.757. The lowest BCUT2D eigenvalue weighted by Gasteiger charge is -2.11. The molecule has 0 aliphatic rings. The zero-order valence-corrected chi connectivity index (χ0v) is 15.3. The van der Waals surface area contributed by atoms with E-state index in [2.05, 4.69) is 15.0 Å². The lowest BCUT2D eigenvalue weighted by Crippen LogP contribution is -2.18. The van der Waals surface area contributed by atoms with E-state index in [1.54, 1.807) is 6.92 Å². The molecule has 0 atom stereocenters. The molecule has 1 amide bonds. The topological polar surface area (TPSA) is 108 Å². The molecule has 3 aromatic rings. The normalized spacial score (nSPS) is 11.4. The lowest BCUT2D eigenvalue weighted by molar-refractivity contribution is 0.102. The predicted molar refractivity (Wildman–Crippen MR) is 102 cm³/mol. The van der Waals surface area contributed by atoms with Crippen molar-refractivity contribution < 1.29 is 17.6 Å². The van der Waals surface area contributed by atoms with Gasteiger partial charge in [0.2, 0.25) is 10.0 Å². The van der Waals surface area contributed by atoms with Crippen LogP contribution in [0, 0.1) is 12.7 Å². The Labute approximate surface area is 154 Å². The number of para-hydroxylation sites is 1. The van der Waals surface area contributed by atoms with Crippen LogP contribution in [0.5, 0.6) is 0 Å². The summed E-state index contributed by atoms with van der Waals surface area (Å²) in [4.78, 5) is 27.7. The highest BCUT2D eigenvalue weighted by molar-refractivity contribution is 7.92. The van der Waals surface area contributed by atoms with Gasteiger partial charge in [-0.25, -0.2) is 12.8 Å². The fourth-order valence-corrected chi connectivity index (χ4v) is 3.21.